The van der Waals surface area contributed by atoms with Gasteiger partial charge in [0.05, 0.1) is 0 Å². The maximum Gasteiger partial charge on any atom is 0.0186 e. The molecule has 15 heavy (non-hydrogen) atoms. The van der Waals surface area contributed by atoms with Crippen LogP contribution in [0.2, 0.25) is 0 Å². The van der Waals surface area contributed by atoms with Gasteiger partial charge in [-0.3, -0.25) is 4.90 Å². The number of hydrogen-bond acceptors (Lipinski definition) is 1. The molecule has 1 rings (SSSR count). The van der Waals surface area contributed by atoms with Crippen molar-refractivity contribution < 1.29 is 0 Å². The predicted octanol–water partition coefficient (Wildman–Crippen LogP) is 3.85. The minimum atomic E-state index is 0.276. The minimum Gasteiger partial charge on any atom is -0.294 e. The van der Waals surface area contributed by atoms with Crippen molar-refractivity contribution in [1.29, 1.82) is 0 Å². The minimum absolute atomic E-state index is 0.276. The summed E-state index contributed by atoms with van der Waals surface area (Å²) in [4.78, 5) is 2.65. The Bertz CT molecular complexity index is 239. The Hall–Kier alpha value is -0.300. The Morgan fingerprint density at radius 1 is 1.13 bits per heavy atom. The predicted molar refractivity (Wildman–Crippen MR) is 68.1 cm³/mol. The van der Waals surface area contributed by atoms with Gasteiger partial charge in [-0.15, -0.1) is 0 Å². The van der Waals surface area contributed by atoms with E-state index in [0.29, 0.717) is 11.5 Å². The highest BCUT2D eigenvalue weighted by molar-refractivity contribution is 5.07. The van der Waals surface area contributed by atoms with Crippen LogP contribution in [-0.4, -0.2) is 23.0 Å². The molecule has 1 saturated heterocycles. The van der Waals surface area contributed by atoms with Crippen LogP contribution in [-0.2, 0) is 0 Å². The van der Waals surface area contributed by atoms with Crippen LogP contribution in [0.4, 0.5) is 0 Å². The molecule has 1 heteroatoms. The SMILES string of the molecule is C=C1CCN(C(C)(C)C)C(C(C)(C)C)C1. The summed E-state index contributed by atoms with van der Waals surface area (Å²) in [5.74, 6) is 0. The van der Waals surface area contributed by atoms with Crippen LogP contribution in [0.1, 0.15) is 54.4 Å². The van der Waals surface area contributed by atoms with Gasteiger partial charge in [-0.25, -0.2) is 0 Å². The highest BCUT2D eigenvalue weighted by Crippen LogP contribution is 2.37. The van der Waals surface area contributed by atoms with Crippen LogP contribution < -0.4 is 0 Å². The molecular formula is C14H27N. The number of piperidine rings is 1. The maximum atomic E-state index is 4.17. The summed E-state index contributed by atoms with van der Waals surface area (Å²) < 4.78 is 0. The van der Waals surface area contributed by atoms with E-state index in [-0.39, 0.29) is 5.54 Å². The Morgan fingerprint density at radius 2 is 1.67 bits per heavy atom. The molecule has 0 aromatic carbocycles. The van der Waals surface area contributed by atoms with Crippen LogP contribution >= 0.6 is 0 Å². The summed E-state index contributed by atoms with van der Waals surface area (Å²) in [5.41, 5.74) is 2.05. The summed E-state index contributed by atoms with van der Waals surface area (Å²) in [6.45, 7) is 19.3. The van der Waals surface area contributed by atoms with E-state index in [1.54, 1.807) is 0 Å². The lowest BCUT2D eigenvalue weighted by molar-refractivity contribution is 0.00998. The second-order valence-electron chi connectivity index (χ2n) is 6.95. The first-order chi connectivity index (χ1) is 6.62. The Balaban J connectivity index is 2.90. The molecule has 0 bridgehead atoms. The van der Waals surface area contributed by atoms with Crippen LogP contribution in [0.15, 0.2) is 12.2 Å². The fourth-order valence-corrected chi connectivity index (χ4v) is 2.50. The average Bonchev–Trinajstić information content (AvgIpc) is 2.00. The number of likely N-dealkylation sites (tertiary alicyclic amines) is 1. The van der Waals surface area contributed by atoms with Gasteiger partial charge in [0.1, 0.15) is 0 Å². The lowest BCUT2D eigenvalue weighted by atomic mass is 9.77. The first kappa shape index (κ1) is 12.8. The molecule has 1 heterocycles. The third-order valence-corrected chi connectivity index (χ3v) is 3.43. The zero-order valence-corrected chi connectivity index (χ0v) is 11.4. The fraction of sp³-hybridized carbons (Fsp3) is 0.857. The van der Waals surface area contributed by atoms with E-state index < -0.39 is 0 Å². The molecule has 0 spiro atoms. The van der Waals surface area contributed by atoms with E-state index in [0.717, 1.165) is 0 Å². The van der Waals surface area contributed by atoms with Crippen molar-refractivity contribution >= 4 is 0 Å². The topological polar surface area (TPSA) is 3.24 Å². The average molecular weight is 209 g/mol. The molecule has 1 unspecified atom stereocenters. The highest BCUT2D eigenvalue weighted by atomic mass is 15.2. The standard InChI is InChI=1S/C14H27N/c1-11-8-9-15(14(5,6)7)12(10-11)13(2,3)4/h12H,1,8-10H2,2-7H3. The third kappa shape index (κ3) is 3.07. The zero-order chi connectivity index (χ0) is 11.9. The molecule has 0 aromatic rings. The van der Waals surface area contributed by atoms with Crippen LogP contribution in [0, 0.1) is 5.41 Å². The van der Waals surface area contributed by atoms with Crippen LogP contribution in [0.5, 0.6) is 0 Å². The summed E-state index contributed by atoms with van der Waals surface area (Å²) >= 11 is 0. The molecule has 1 aliphatic rings. The molecule has 0 saturated carbocycles. The molecule has 1 atom stereocenters. The molecule has 1 nitrogen and oxygen atoms in total. The summed E-state index contributed by atoms with van der Waals surface area (Å²) in [6, 6.07) is 0.638. The lowest BCUT2D eigenvalue weighted by Crippen LogP contribution is -2.55. The largest absolute Gasteiger partial charge is 0.294 e. The van der Waals surface area contributed by atoms with E-state index in [1.807, 2.05) is 0 Å². The Kier molecular flexibility index (Phi) is 3.35. The fourth-order valence-electron chi connectivity index (χ4n) is 2.50. The molecule has 1 fully saturated rings. The molecule has 0 aromatic heterocycles. The molecule has 0 radical (unpaired) electrons. The summed E-state index contributed by atoms with van der Waals surface area (Å²) in [5, 5.41) is 0. The van der Waals surface area contributed by atoms with Gasteiger partial charge in [0.25, 0.3) is 0 Å². The van der Waals surface area contributed by atoms with E-state index >= 15 is 0 Å². The van der Waals surface area contributed by atoms with Gasteiger partial charge in [0.2, 0.25) is 0 Å². The van der Waals surface area contributed by atoms with Crippen molar-refractivity contribution in [2.75, 3.05) is 6.54 Å². The van der Waals surface area contributed by atoms with Gasteiger partial charge in [-0.1, -0.05) is 32.9 Å². The van der Waals surface area contributed by atoms with E-state index in [4.69, 9.17) is 0 Å². The maximum absolute atomic E-state index is 4.17. The number of nitrogens with zero attached hydrogens (tertiary/aromatic N) is 1. The van der Waals surface area contributed by atoms with Gasteiger partial charge in [-0.2, -0.15) is 0 Å². The first-order valence-electron chi connectivity index (χ1n) is 6.06. The molecule has 0 aliphatic carbocycles. The quantitative estimate of drug-likeness (QED) is 0.548. The number of hydrogen-bond donors (Lipinski definition) is 0. The second-order valence-corrected chi connectivity index (χ2v) is 6.95. The number of rotatable bonds is 0. The van der Waals surface area contributed by atoms with Crippen molar-refractivity contribution in [2.45, 2.75) is 66.0 Å². The summed E-state index contributed by atoms with van der Waals surface area (Å²) in [6.07, 6.45) is 2.34. The van der Waals surface area contributed by atoms with Gasteiger partial charge in [0.15, 0.2) is 0 Å². The van der Waals surface area contributed by atoms with Crippen LogP contribution in [0.25, 0.3) is 0 Å². The van der Waals surface area contributed by atoms with Crippen molar-refractivity contribution in [3.05, 3.63) is 12.2 Å². The molecule has 88 valence electrons. The van der Waals surface area contributed by atoms with Gasteiger partial charge >= 0.3 is 0 Å². The van der Waals surface area contributed by atoms with E-state index in [9.17, 15) is 0 Å². The monoisotopic (exact) mass is 209 g/mol. The van der Waals surface area contributed by atoms with Gasteiger partial charge in [0, 0.05) is 18.1 Å². The Morgan fingerprint density at radius 3 is 2.07 bits per heavy atom. The van der Waals surface area contributed by atoms with Crippen LogP contribution in [0.3, 0.4) is 0 Å². The van der Waals surface area contributed by atoms with E-state index in [2.05, 4.69) is 53.0 Å². The van der Waals surface area contributed by atoms with Gasteiger partial charge < -0.3 is 0 Å². The van der Waals surface area contributed by atoms with Crippen molar-refractivity contribution in [3.63, 3.8) is 0 Å². The first-order valence-corrected chi connectivity index (χ1v) is 6.06. The zero-order valence-electron chi connectivity index (χ0n) is 11.4. The van der Waals surface area contributed by atoms with Crippen molar-refractivity contribution in [2.24, 2.45) is 5.41 Å². The van der Waals surface area contributed by atoms with Crippen molar-refractivity contribution in [3.8, 4) is 0 Å². The smallest absolute Gasteiger partial charge is 0.0186 e. The highest BCUT2D eigenvalue weighted by Gasteiger charge is 2.38. The molecule has 1 aliphatic heterocycles. The third-order valence-electron chi connectivity index (χ3n) is 3.43. The molecule has 0 amide bonds. The van der Waals surface area contributed by atoms with Gasteiger partial charge in [-0.05, 0) is 39.0 Å². The Labute approximate surface area is 95.5 Å². The molecule has 0 N–H and O–H groups in total. The molecular weight excluding hydrogens is 182 g/mol. The van der Waals surface area contributed by atoms with E-state index in [1.165, 1.54) is 25.0 Å². The normalized spacial score (nSPS) is 25.7. The second kappa shape index (κ2) is 3.93. The van der Waals surface area contributed by atoms with Crippen molar-refractivity contribution in [1.82, 2.24) is 4.90 Å². The summed E-state index contributed by atoms with van der Waals surface area (Å²) in [7, 11) is 0. The lowest BCUT2D eigenvalue weighted by Gasteiger charge is -2.50.